The van der Waals surface area contributed by atoms with Crippen LogP contribution in [0.1, 0.15) is 25.3 Å². The van der Waals surface area contributed by atoms with Crippen LogP contribution in [0, 0.1) is 0 Å². The first-order valence-corrected chi connectivity index (χ1v) is 8.18. The Morgan fingerprint density at radius 1 is 1.33 bits per heavy atom. The number of nitrogens with zero attached hydrogens (tertiary/aromatic N) is 1. The average Bonchev–Trinajstić information content (AvgIpc) is 3.29. The van der Waals surface area contributed by atoms with Crippen LogP contribution in [0.4, 0.5) is 0 Å². The molecule has 1 saturated carbocycles. The first-order chi connectivity index (χ1) is 10.3. The number of hydrogen-bond donors (Lipinski definition) is 2. The Labute approximate surface area is 133 Å². The zero-order valence-electron chi connectivity index (χ0n) is 12.1. The summed E-state index contributed by atoms with van der Waals surface area (Å²) in [6.07, 6.45) is 2.47. The molecule has 0 atom stereocenters. The summed E-state index contributed by atoms with van der Waals surface area (Å²) in [6.45, 7) is 4.74. The van der Waals surface area contributed by atoms with Crippen molar-refractivity contribution in [2.75, 3.05) is 19.8 Å². The van der Waals surface area contributed by atoms with Crippen molar-refractivity contribution in [1.29, 1.82) is 0 Å². The van der Waals surface area contributed by atoms with E-state index in [1.54, 1.807) is 0 Å². The van der Waals surface area contributed by atoms with Gasteiger partial charge in [-0.3, -0.25) is 0 Å². The quantitative estimate of drug-likeness (QED) is 0.644. The molecule has 1 aliphatic heterocycles. The lowest BCUT2D eigenvalue weighted by atomic mass is 10.2. The van der Waals surface area contributed by atoms with Crippen LogP contribution in [0.15, 0.2) is 21.6 Å². The molecule has 21 heavy (non-hydrogen) atoms. The van der Waals surface area contributed by atoms with Crippen LogP contribution in [0.5, 0.6) is 11.5 Å². The van der Waals surface area contributed by atoms with E-state index < -0.39 is 0 Å². The first-order valence-electron chi connectivity index (χ1n) is 7.39. The first kappa shape index (κ1) is 14.5. The number of rotatable bonds is 4. The highest BCUT2D eigenvalue weighted by Crippen LogP contribution is 2.38. The van der Waals surface area contributed by atoms with Gasteiger partial charge in [0.05, 0.1) is 11.0 Å². The Bertz CT molecular complexity index is 544. The molecule has 5 nitrogen and oxygen atoms in total. The molecule has 0 spiro atoms. The molecule has 1 heterocycles. The summed E-state index contributed by atoms with van der Waals surface area (Å²) in [4.78, 5) is 4.63. The maximum absolute atomic E-state index is 5.64. The van der Waals surface area contributed by atoms with Crippen molar-refractivity contribution in [2.45, 2.75) is 32.4 Å². The molecule has 2 N–H and O–H groups in total. The maximum Gasteiger partial charge on any atom is 0.191 e. The minimum atomic E-state index is 0.592. The lowest BCUT2D eigenvalue weighted by molar-refractivity contribution is 0.170. The van der Waals surface area contributed by atoms with Gasteiger partial charge in [-0.15, -0.1) is 0 Å². The number of guanidine groups is 1. The van der Waals surface area contributed by atoms with Crippen molar-refractivity contribution < 1.29 is 9.47 Å². The van der Waals surface area contributed by atoms with Gasteiger partial charge in [0, 0.05) is 12.6 Å². The Balaban J connectivity index is 1.72. The molecule has 0 amide bonds. The van der Waals surface area contributed by atoms with E-state index in [0.29, 0.717) is 25.8 Å². The van der Waals surface area contributed by atoms with Crippen molar-refractivity contribution in [3.05, 3.63) is 22.2 Å². The van der Waals surface area contributed by atoms with E-state index in [-0.39, 0.29) is 0 Å². The smallest absolute Gasteiger partial charge is 0.191 e. The maximum atomic E-state index is 5.64. The van der Waals surface area contributed by atoms with Gasteiger partial charge in [-0.25, -0.2) is 4.99 Å². The van der Waals surface area contributed by atoms with Gasteiger partial charge in [0.2, 0.25) is 0 Å². The van der Waals surface area contributed by atoms with Crippen LogP contribution in [0.25, 0.3) is 0 Å². The molecule has 0 radical (unpaired) electrons. The summed E-state index contributed by atoms with van der Waals surface area (Å²) < 4.78 is 12.2. The molecule has 0 aromatic heterocycles. The summed E-state index contributed by atoms with van der Waals surface area (Å²) in [6, 6.07) is 4.64. The van der Waals surface area contributed by atoms with Crippen molar-refractivity contribution in [3.63, 3.8) is 0 Å². The fourth-order valence-electron chi connectivity index (χ4n) is 2.17. The van der Waals surface area contributed by atoms with Crippen LogP contribution in [0.2, 0.25) is 0 Å². The van der Waals surface area contributed by atoms with Crippen LogP contribution in [0.3, 0.4) is 0 Å². The van der Waals surface area contributed by atoms with Gasteiger partial charge in [0.25, 0.3) is 0 Å². The van der Waals surface area contributed by atoms with E-state index >= 15 is 0 Å². The highest BCUT2D eigenvalue weighted by molar-refractivity contribution is 9.10. The highest BCUT2D eigenvalue weighted by Gasteiger charge is 2.22. The van der Waals surface area contributed by atoms with E-state index in [9.17, 15) is 0 Å². The lowest BCUT2D eigenvalue weighted by Gasteiger charge is -2.20. The molecule has 0 unspecified atom stereocenters. The third kappa shape index (κ3) is 3.81. The number of ether oxygens (including phenoxy) is 2. The average molecular weight is 354 g/mol. The van der Waals surface area contributed by atoms with Crippen LogP contribution in [-0.4, -0.2) is 31.8 Å². The molecule has 0 saturated heterocycles. The molecule has 1 fully saturated rings. The third-order valence-electron chi connectivity index (χ3n) is 3.34. The van der Waals surface area contributed by atoms with Crippen LogP contribution in [-0.2, 0) is 6.54 Å². The SMILES string of the molecule is CCNC(=NCc1cc(Br)c2c(c1)OCCO2)NC1CC1. The number of hydrogen-bond acceptors (Lipinski definition) is 3. The summed E-state index contributed by atoms with van der Waals surface area (Å²) >= 11 is 3.54. The van der Waals surface area contributed by atoms with Crippen LogP contribution < -0.4 is 20.1 Å². The minimum Gasteiger partial charge on any atom is -0.486 e. The second-order valence-corrected chi connectivity index (χ2v) is 6.07. The fraction of sp³-hybridized carbons (Fsp3) is 0.533. The predicted molar refractivity (Wildman–Crippen MR) is 86.1 cm³/mol. The Hall–Kier alpha value is -1.43. The molecule has 0 bridgehead atoms. The van der Waals surface area contributed by atoms with Crippen molar-refractivity contribution in [1.82, 2.24) is 10.6 Å². The molecule has 1 aliphatic carbocycles. The zero-order chi connectivity index (χ0) is 14.7. The third-order valence-corrected chi connectivity index (χ3v) is 3.93. The molecular formula is C15H20BrN3O2. The molecule has 1 aromatic carbocycles. The van der Waals surface area contributed by atoms with E-state index in [0.717, 1.165) is 34.0 Å². The minimum absolute atomic E-state index is 0.592. The standard InChI is InChI=1S/C15H20BrN3O2/c1-2-17-15(19-11-3-4-11)18-9-10-7-12(16)14-13(8-10)20-5-6-21-14/h7-8,11H,2-6,9H2,1H3,(H2,17,18,19). The van der Waals surface area contributed by atoms with E-state index in [4.69, 9.17) is 9.47 Å². The van der Waals surface area contributed by atoms with Gasteiger partial charge in [0.1, 0.15) is 13.2 Å². The number of fused-ring (bicyclic) bond motifs is 1. The van der Waals surface area contributed by atoms with Gasteiger partial charge < -0.3 is 20.1 Å². The zero-order valence-corrected chi connectivity index (χ0v) is 13.7. The van der Waals surface area contributed by atoms with E-state index in [1.165, 1.54) is 12.8 Å². The Morgan fingerprint density at radius 2 is 2.14 bits per heavy atom. The number of nitrogens with one attached hydrogen (secondary N) is 2. The van der Waals surface area contributed by atoms with Gasteiger partial charge in [-0.05, 0) is 53.4 Å². The van der Waals surface area contributed by atoms with Gasteiger partial charge in [0.15, 0.2) is 17.5 Å². The second-order valence-electron chi connectivity index (χ2n) is 5.22. The van der Waals surface area contributed by atoms with Gasteiger partial charge in [-0.2, -0.15) is 0 Å². The normalized spacial score (nSPS) is 17.5. The monoisotopic (exact) mass is 353 g/mol. The molecule has 1 aromatic rings. The van der Waals surface area contributed by atoms with E-state index in [1.807, 2.05) is 12.1 Å². The Morgan fingerprint density at radius 3 is 2.90 bits per heavy atom. The Kier molecular flexibility index (Phi) is 4.53. The highest BCUT2D eigenvalue weighted by atomic mass is 79.9. The predicted octanol–water partition coefficient (Wildman–Crippen LogP) is 2.44. The summed E-state index contributed by atoms with van der Waals surface area (Å²) in [7, 11) is 0. The molecular weight excluding hydrogens is 334 g/mol. The van der Waals surface area contributed by atoms with Crippen molar-refractivity contribution in [2.24, 2.45) is 4.99 Å². The van der Waals surface area contributed by atoms with Gasteiger partial charge >= 0.3 is 0 Å². The van der Waals surface area contributed by atoms with Gasteiger partial charge in [-0.1, -0.05) is 0 Å². The van der Waals surface area contributed by atoms with E-state index in [2.05, 4.69) is 38.5 Å². The summed E-state index contributed by atoms with van der Waals surface area (Å²) in [5, 5.41) is 6.68. The molecule has 114 valence electrons. The fourth-order valence-corrected chi connectivity index (χ4v) is 2.77. The molecule has 3 rings (SSSR count). The second kappa shape index (κ2) is 6.56. The number of aliphatic imine (C=N–C) groups is 1. The summed E-state index contributed by atoms with van der Waals surface area (Å²) in [5.74, 6) is 2.46. The summed E-state index contributed by atoms with van der Waals surface area (Å²) in [5.41, 5.74) is 1.10. The number of benzene rings is 1. The molecule has 6 heteroatoms. The van der Waals surface area contributed by atoms with Crippen LogP contribution >= 0.6 is 15.9 Å². The largest absolute Gasteiger partial charge is 0.486 e. The molecule has 2 aliphatic rings. The lowest BCUT2D eigenvalue weighted by Crippen LogP contribution is -2.38. The van der Waals surface area contributed by atoms with Crippen molar-refractivity contribution in [3.8, 4) is 11.5 Å². The topological polar surface area (TPSA) is 54.9 Å². The van der Waals surface area contributed by atoms with Crippen molar-refractivity contribution >= 4 is 21.9 Å². The number of halogens is 1.